The van der Waals surface area contributed by atoms with E-state index in [4.69, 9.17) is 9.47 Å². The lowest BCUT2D eigenvalue weighted by Gasteiger charge is -2.14. The Morgan fingerprint density at radius 1 is 1.21 bits per heavy atom. The van der Waals surface area contributed by atoms with E-state index in [0.717, 1.165) is 36.4 Å². The molecule has 1 aromatic heterocycles. The molecule has 0 saturated carbocycles. The van der Waals surface area contributed by atoms with Crippen LogP contribution in [-0.2, 0) is 31.2 Å². The van der Waals surface area contributed by atoms with Crippen molar-refractivity contribution in [1.29, 1.82) is 0 Å². The van der Waals surface area contributed by atoms with E-state index in [1.165, 1.54) is 11.3 Å². The van der Waals surface area contributed by atoms with Crippen LogP contribution in [0.4, 0.5) is 5.69 Å². The van der Waals surface area contributed by atoms with Crippen LogP contribution < -0.4 is 15.4 Å². The van der Waals surface area contributed by atoms with Gasteiger partial charge >= 0.3 is 0 Å². The number of hydrogen-bond acceptors (Lipinski definition) is 4. The smallest absolute Gasteiger partial charge is 0.195 e. The number of aryl methyl sites for hydroxylation is 2. The molecule has 0 spiro atoms. The van der Waals surface area contributed by atoms with E-state index in [9.17, 15) is 0 Å². The summed E-state index contributed by atoms with van der Waals surface area (Å²) >= 11 is 0. The molecule has 0 fully saturated rings. The number of ether oxygens (including phenoxy) is 2. The number of hydrogen-bond donors (Lipinski definition) is 2. The van der Waals surface area contributed by atoms with Gasteiger partial charge in [0.2, 0.25) is 0 Å². The average molecular weight is 515 g/mol. The van der Waals surface area contributed by atoms with Crippen molar-refractivity contribution in [2.24, 2.45) is 12.0 Å². The summed E-state index contributed by atoms with van der Waals surface area (Å²) in [6.45, 7) is 6.31. The molecule has 0 saturated heterocycles. The van der Waals surface area contributed by atoms with Gasteiger partial charge in [0.25, 0.3) is 0 Å². The van der Waals surface area contributed by atoms with E-state index in [1.807, 2.05) is 36.0 Å². The number of aliphatic imine (C=N–C) groups is 1. The predicted molar refractivity (Wildman–Crippen MR) is 130 cm³/mol. The van der Waals surface area contributed by atoms with E-state index < -0.39 is 0 Å². The molecule has 0 bridgehead atoms. The minimum atomic E-state index is 0. The van der Waals surface area contributed by atoms with Crippen molar-refractivity contribution in [3.05, 3.63) is 41.2 Å². The van der Waals surface area contributed by atoms with Crippen molar-refractivity contribution in [1.82, 2.24) is 15.1 Å². The van der Waals surface area contributed by atoms with Gasteiger partial charge in [0.05, 0.1) is 12.3 Å². The van der Waals surface area contributed by atoms with Crippen molar-refractivity contribution >= 4 is 35.6 Å². The Morgan fingerprint density at radius 3 is 2.66 bits per heavy atom. The molecule has 29 heavy (non-hydrogen) atoms. The van der Waals surface area contributed by atoms with Crippen LogP contribution in [0.1, 0.15) is 37.2 Å². The van der Waals surface area contributed by atoms with Gasteiger partial charge in [0.15, 0.2) is 5.96 Å². The van der Waals surface area contributed by atoms with Gasteiger partial charge < -0.3 is 20.1 Å². The van der Waals surface area contributed by atoms with Crippen LogP contribution in [0, 0.1) is 0 Å². The fourth-order valence-electron chi connectivity index (χ4n) is 3.14. The van der Waals surface area contributed by atoms with Crippen LogP contribution >= 0.6 is 24.0 Å². The van der Waals surface area contributed by atoms with Gasteiger partial charge in [-0.15, -0.1) is 24.0 Å². The van der Waals surface area contributed by atoms with Crippen LogP contribution in [0.3, 0.4) is 0 Å². The lowest BCUT2D eigenvalue weighted by atomic mass is 10.1. The summed E-state index contributed by atoms with van der Waals surface area (Å²) in [6, 6.07) is 7.88. The number of guanidine groups is 1. The summed E-state index contributed by atoms with van der Waals surface area (Å²) in [6.07, 6.45) is 2.73. The van der Waals surface area contributed by atoms with E-state index in [-0.39, 0.29) is 24.0 Å². The standard InChI is InChI=1S/C21H33N5O2.HI/c1-6-19-18(20(7-2)26(4)25-19)15-23-21(22-3)24-16-10-8-11-17(14-16)28-13-9-12-27-5;/h8,10-11,14H,6-7,9,12-13,15H2,1-5H3,(H2,22,23,24);1H. The monoisotopic (exact) mass is 515 g/mol. The number of nitrogens with zero attached hydrogens (tertiary/aromatic N) is 3. The van der Waals surface area contributed by atoms with E-state index >= 15 is 0 Å². The van der Waals surface area contributed by atoms with E-state index in [2.05, 4.69) is 34.6 Å². The van der Waals surface area contributed by atoms with Gasteiger partial charge in [-0.2, -0.15) is 5.10 Å². The van der Waals surface area contributed by atoms with Gasteiger partial charge in [-0.1, -0.05) is 19.9 Å². The summed E-state index contributed by atoms with van der Waals surface area (Å²) in [7, 11) is 5.47. The van der Waals surface area contributed by atoms with Gasteiger partial charge in [-0.05, 0) is 25.0 Å². The second-order valence-corrected chi connectivity index (χ2v) is 6.48. The minimum absolute atomic E-state index is 0. The molecule has 0 atom stereocenters. The molecule has 0 aliphatic rings. The first-order valence-electron chi connectivity index (χ1n) is 9.85. The van der Waals surface area contributed by atoms with Gasteiger partial charge in [-0.3, -0.25) is 9.67 Å². The molecular weight excluding hydrogens is 481 g/mol. The fourth-order valence-corrected chi connectivity index (χ4v) is 3.14. The van der Waals surface area contributed by atoms with Crippen molar-refractivity contribution in [2.45, 2.75) is 39.7 Å². The average Bonchev–Trinajstić information content (AvgIpc) is 3.03. The third-order valence-corrected chi connectivity index (χ3v) is 4.54. The van der Waals surface area contributed by atoms with Crippen molar-refractivity contribution in [3.8, 4) is 5.75 Å². The first-order chi connectivity index (χ1) is 13.6. The van der Waals surface area contributed by atoms with Crippen LogP contribution in [0.15, 0.2) is 29.3 Å². The second-order valence-electron chi connectivity index (χ2n) is 6.48. The Labute approximate surface area is 191 Å². The maximum atomic E-state index is 5.77. The highest BCUT2D eigenvalue weighted by molar-refractivity contribution is 14.0. The molecule has 2 aromatic rings. The fraction of sp³-hybridized carbons (Fsp3) is 0.524. The number of rotatable bonds is 10. The third kappa shape index (κ3) is 7.50. The molecule has 1 aromatic carbocycles. The lowest BCUT2D eigenvalue weighted by molar-refractivity contribution is 0.172. The normalized spacial score (nSPS) is 11.1. The van der Waals surface area contributed by atoms with E-state index in [0.29, 0.717) is 25.7 Å². The Bertz CT molecular complexity index is 776. The Balaban J connectivity index is 0.00000420. The SMILES string of the molecule is CCc1nn(C)c(CC)c1CNC(=NC)Nc1cccc(OCCCOC)c1.I. The molecule has 8 heteroatoms. The molecule has 2 N–H and O–H groups in total. The predicted octanol–water partition coefficient (Wildman–Crippen LogP) is 3.77. The Kier molecular flexibility index (Phi) is 11.7. The highest BCUT2D eigenvalue weighted by atomic mass is 127. The van der Waals surface area contributed by atoms with Gasteiger partial charge in [0.1, 0.15) is 5.75 Å². The van der Waals surface area contributed by atoms with Gasteiger partial charge in [-0.25, -0.2) is 0 Å². The summed E-state index contributed by atoms with van der Waals surface area (Å²) < 4.78 is 12.8. The molecule has 0 unspecified atom stereocenters. The molecule has 0 radical (unpaired) electrons. The zero-order valence-corrected chi connectivity index (χ0v) is 20.4. The molecule has 162 valence electrons. The highest BCUT2D eigenvalue weighted by Gasteiger charge is 2.14. The summed E-state index contributed by atoms with van der Waals surface area (Å²) in [4.78, 5) is 4.34. The summed E-state index contributed by atoms with van der Waals surface area (Å²) in [5, 5.41) is 11.4. The first kappa shape index (κ1) is 25.2. The Hall–Kier alpha value is -1.81. The minimum Gasteiger partial charge on any atom is -0.493 e. The zero-order chi connectivity index (χ0) is 20.4. The zero-order valence-electron chi connectivity index (χ0n) is 18.1. The second kappa shape index (κ2) is 13.4. The highest BCUT2D eigenvalue weighted by Crippen LogP contribution is 2.18. The van der Waals surface area contributed by atoms with Crippen molar-refractivity contribution in [3.63, 3.8) is 0 Å². The number of methoxy groups -OCH3 is 1. The molecule has 0 aliphatic carbocycles. The van der Waals surface area contributed by atoms with Gasteiger partial charge in [0, 0.05) is 63.8 Å². The number of anilines is 1. The molecule has 0 amide bonds. The number of aromatic nitrogens is 2. The third-order valence-electron chi connectivity index (χ3n) is 4.54. The number of benzene rings is 1. The van der Waals surface area contributed by atoms with E-state index in [1.54, 1.807) is 14.2 Å². The first-order valence-corrected chi connectivity index (χ1v) is 9.85. The summed E-state index contributed by atoms with van der Waals surface area (Å²) in [5.74, 6) is 1.54. The van der Waals surface area contributed by atoms with Crippen LogP contribution in [0.25, 0.3) is 0 Å². The number of nitrogens with one attached hydrogen (secondary N) is 2. The molecular formula is C21H34IN5O2. The lowest BCUT2D eigenvalue weighted by Crippen LogP contribution is -2.30. The van der Waals surface area contributed by atoms with Crippen LogP contribution in [-0.4, -0.2) is 43.1 Å². The summed E-state index contributed by atoms with van der Waals surface area (Å²) in [5.41, 5.74) is 4.57. The largest absolute Gasteiger partial charge is 0.493 e. The quantitative estimate of drug-likeness (QED) is 0.218. The van der Waals surface area contributed by atoms with Crippen LogP contribution in [0.2, 0.25) is 0 Å². The van der Waals surface area contributed by atoms with Crippen molar-refractivity contribution < 1.29 is 9.47 Å². The molecule has 7 nitrogen and oxygen atoms in total. The van der Waals surface area contributed by atoms with Crippen molar-refractivity contribution in [2.75, 3.05) is 32.7 Å². The molecule has 1 heterocycles. The molecule has 0 aliphatic heterocycles. The maximum absolute atomic E-state index is 5.77. The molecule has 2 rings (SSSR count). The number of halogens is 1. The Morgan fingerprint density at radius 2 is 2.00 bits per heavy atom. The maximum Gasteiger partial charge on any atom is 0.195 e. The topological polar surface area (TPSA) is 72.7 Å². The van der Waals surface area contributed by atoms with Crippen LogP contribution in [0.5, 0.6) is 5.75 Å².